The zero-order chi connectivity index (χ0) is 15.6. The lowest BCUT2D eigenvalue weighted by Crippen LogP contribution is -2.04. The number of aromatic carboxylic acids is 1. The summed E-state index contributed by atoms with van der Waals surface area (Å²) in [6, 6.07) is 8.73. The van der Waals surface area contributed by atoms with E-state index in [9.17, 15) is 14.0 Å². The van der Waals surface area contributed by atoms with Crippen molar-refractivity contribution < 1.29 is 23.8 Å². The summed E-state index contributed by atoms with van der Waals surface area (Å²) in [5, 5.41) is 8.95. The predicted molar refractivity (Wildman–Crippen MR) is 74.9 cm³/mol. The van der Waals surface area contributed by atoms with Gasteiger partial charge in [-0.15, -0.1) is 0 Å². The molecule has 2 aromatic rings. The number of rotatable bonds is 3. The molecule has 0 spiro atoms. The lowest BCUT2D eigenvalue weighted by molar-refractivity contribution is 0.0594. The van der Waals surface area contributed by atoms with E-state index in [1.807, 2.05) is 0 Å². The number of carboxylic acid groups (broad SMARTS) is 1. The van der Waals surface area contributed by atoms with Gasteiger partial charge < -0.3 is 9.84 Å². The Morgan fingerprint density at radius 3 is 2.43 bits per heavy atom. The van der Waals surface area contributed by atoms with Crippen molar-refractivity contribution in [2.24, 2.45) is 0 Å². The molecule has 2 aromatic carbocycles. The van der Waals surface area contributed by atoms with Gasteiger partial charge in [0.2, 0.25) is 0 Å². The molecule has 108 valence electrons. The molecule has 0 radical (unpaired) electrons. The van der Waals surface area contributed by atoms with Crippen molar-refractivity contribution in [3.8, 4) is 11.1 Å². The van der Waals surface area contributed by atoms with Crippen LogP contribution in [0.3, 0.4) is 0 Å². The summed E-state index contributed by atoms with van der Waals surface area (Å²) >= 11 is 0. The number of hydrogen-bond donors (Lipinski definition) is 1. The number of benzene rings is 2. The van der Waals surface area contributed by atoms with Crippen molar-refractivity contribution in [1.29, 1.82) is 0 Å². The largest absolute Gasteiger partial charge is 0.478 e. The van der Waals surface area contributed by atoms with Crippen molar-refractivity contribution in [3.63, 3.8) is 0 Å². The van der Waals surface area contributed by atoms with Crippen LogP contribution in [0.2, 0.25) is 0 Å². The highest BCUT2D eigenvalue weighted by molar-refractivity contribution is 5.92. The number of carbonyl (C=O) groups is 2. The minimum atomic E-state index is -1.01. The van der Waals surface area contributed by atoms with Gasteiger partial charge in [-0.1, -0.05) is 12.1 Å². The lowest BCUT2D eigenvalue weighted by Gasteiger charge is -2.09. The first kappa shape index (κ1) is 14.7. The van der Waals surface area contributed by atoms with E-state index in [0.717, 1.165) is 11.1 Å². The molecule has 2 rings (SSSR count). The van der Waals surface area contributed by atoms with E-state index in [0.29, 0.717) is 5.56 Å². The summed E-state index contributed by atoms with van der Waals surface area (Å²) < 4.78 is 18.1. The van der Waals surface area contributed by atoms with Gasteiger partial charge in [-0.25, -0.2) is 14.0 Å². The maximum absolute atomic E-state index is 13.6. The fourth-order valence-electron chi connectivity index (χ4n) is 2.08. The number of halogens is 1. The van der Waals surface area contributed by atoms with Gasteiger partial charge in [0.1, 0.15) is 5.82 Å². The molecular formula is C16H13FO4. The molecule has 0 aliphatic carbocycles. The second-order valence-electron chi connectivity index (χ2n) is 4.52. The van der Waals surface area contributed by atoms with E-state index in [1.54, 1.807) is 13.0 Å². The Hall–Kier alpha value is -2.69. The molecule has 0 saturated carbocycles. The molecule has 0 fully saturated rings. The van der Waals surface area contributed by atoms with Gasteiger partial charge in [0.25, 0.3) is 0 Å². The number of aryl methyl sites for hydroxylation is 1. The Morgan fingerprint density at radius 2 is 1.86 bits per heavy atom. The highest BCUT2D eigenvalue weighted by Crippen LogP contribution is 2.26. The Bertz CT molecular complexity index is 722. The Kier molecular flexibility index (Phi) is 4.03. The van der Waals surface area contributed by atoms with Crippen LogP contribution in [-0.4, -0.2) is 24.2 Å². The van der Waals surface area contributed by atoms with Gasteiger partial charge >= 0.3 is 11.9 Å². The second-order valence-corrected chi connectivity index (χ2v) is 4.52. The topological polar surface area (TPSA) is 63.6 Å². The Morgan fingerprint density at radius 1 is 1.14 bits per heavy atom. The summed E-state index contributed by atoms with van der Waals surface area (Å²) in [4.78, 5) is 22.4. The van der Waals surface area contributed by atoms with E-state index >= 15 is 0 Å². The molecule has 0 bridgehead atoms. The molecule has 0 saturated heterocycles. The molecule has 0 aliphatic heterocycles. The molecule has 0 heterocycles. The molecular weight excluding hydrogens is 275 g/mol. The van der Waals surface area contributed by atoms with Gasteiger partial charge in [-0.05, 0) is 47.9 Å². The predicted octanol–water partition coefficient (Wildman–Crippen LogP) is 3.29. The highest BCUT2D eigenvalue weighted by Gasteiger charge is 2.14. The third kappa shape index (κ3) is 2.91. The summed E-state index contributed by atoms with van der Waals surface area (Å²) in [7, 11) is 1.18. The fourth-order valence-corrected chi connectivity index (χ4v) is 2.08. The van der Waals surface area contributed by atoms with E-state index in [4.69, 9.17) is 5.11 Å². The molecule has 0 aromatic heterocycles. The van der Waals surface area contributed by atoms with Crippen molar-refractivity contribution in [1.82, 2.24) is 0 Å². The average molecular weight is 288 g/mol. The van der Waals surface area contributed by atoms with Crippen LogP contribution in [0, 0.1) is 12.7 Å². The molecule has 0 amide bonds. The van der Waals surface area contributed by atoms with E-state index < -0.39 is 17.8 Å². The first-order chi connectivity index (χ1) is 9.93. The summed E-state index contributed by atoms with van der Waals surface area (Å²) in [6.07, 6.45) is 0. The monoisotopic (exact) mass is 288 g/mol. The van der Waals surface area contributed by atoms with Gasteiger partial charge in [0.15, 0.2) is 0 Å². The zero-order valence-corrected chi connectivity index (χ0v) is 11.5. The van der Waals surface area contributed by atoms with Crippen LogP contribution in [-0.2, 0) is 4.74 Å². The minimum Gasteiger partial charge on any atom is -0.478 e. The maximum atomic E-state index is 13.6. The van der Waals surface area contributed by atoms with Crippen molar-refractivity contribution in [2.45, 2.75) is 6.92 Å². The number of esters is 1. The summed E-state index contributed by atoms with van der Waals surface area (Å²) in [5.41, 5.74) is 2.08. The van der Waals surface area contributed by atoms with E-state index in [2.05, 4.69) is 4.74 Å². The molecule has 1 N–H and O–H groups in total. The van der Waals surface area contributed by atoms with Crippen LogP contribution in [0.1, 0.15) is 26.3 Å². The van der Waals surface area contributed by atoms with Crippen LogP contribution < -0.4 is 0 Å². The number of ether oxygens (including phenoxy) is 1. The van der Waals surface area contributed by atoms with Crippen LogP contribution in [0.25, 0.3) is 11.1 Å². The van der Waals surface area contributed by atoms with Gasteiger partial charge in [-0.3, -0.25) is 0 Å². The zero-order valence-electron chi connectivity index (χ0n) is 11.5. The van der Waals surface area contributed by atoms with Gasteiger partial charge in [0.05, 0.1) is 18.2 Å². The van der Waals surface area contributed by atoms with Crippen molar-refractivity contribution in [3.05, 3.63) is 58.9 Å². The Labute approximate surface area is 120 Å². The van der Waals surface area contributed by atoms with Crippen LogP contribution in [0.15, 0.2) is 36.4 Å². The van der Waals surface area contributed by atoms with Crippen LogP contribution in [0.5, 0.6) is 0 Å². The lowest BCUT2D eigenvalue weighted by atomic mass is 9.97. The minimum absolute atomic E-state index is 0.156. The first-order valence-electron chi connectivity index (χ1n) is 6.16. The van der Waals surface area contributed by atoms with Gasteiger partial charge in [0, 0.05) is 0 Å². The smallest absolute Gasteiger partial charge is 0.340 e. The van der Waals surface area contributed by atoms with Crippen LogP contribution in [0.4, 0.5) is 4.39 Å². The highest BCUT2D eigenvalue weighted by atomic mass is 19.1. The molecule has 21 heavy (non-hydrogen) atoms. The number of carbonyl (C=O) groups excluding carboxylic acids is 1. The molecule has 0 atom stereocenters. The SMILES string of the molecule is COC(=O)c1cc(-c2ccc(C(=O)O)cc2C)ccc1F. The van der Waals surface area contributed by atoms with E-state index in [1.165, 1.54) is 37.4 Å². The standard InChI is InChI=1S/C16H13FO4/c1-9-7-11(15(18)19)3-5-12(9)10-4-6-14(17)13(8-10)16(20)21-2/h3-8H,1-2H3,(H,18,19). The first-order valence-corrected chi connectivity index (χ1v) is 6.16. The number of hydrogen-bond acceptors (Lipinski definition) is 3. The van der Waals surface area contributed by atoms with E-state index in [-0.39, 0.29) is 11.1 Å². The normalized spacial score (nSPS) is 10.2. The number of methoxy groups -OCH3 is 1. The van der Waals surface area contributed by atoms with Crippen molar-refractivity contribution >= 4 is 11.9 Å². The third-order valence-corrected chi connectivity index (χ3v) is 3.16. The molecule has 4 nitrogen and oxygen atoms in total. The molecule has 0 aliphatic rings. The summed E-state index contributed by atoms with van der Waals surface area (Å²) in [5.74, 6) is -2.43. The van der Waals surface area contributed by atoms with Crippen molar-refractivity contribution in [2.75, 3.05) is 7.11 Å². The summed E-state index contributed by atoms with van der Waals surface area (Å²) in [6.45, 7) is 1.75. The fraction of sp³-hybridized carbons (Fsp3) is 0.125. The average Bonchev–Trinajstić information content (AvgIpc) is 2.47. The van der Waals surface area contributed by atoms with Crippen LogP contribution >= 0.6 is 0 Å². The van der Waals surface area contributed by atoms with Gasteiger partial charge in [-0.2, -0.15) is 0 Å². The quantitative estimate of drug-likeness (QED) is 0.880. The Balaban J connectivity index is 2.52. The third-order valence-electron chi connectivity index (χ3n) is 3.16. The molecule has 0 unspecified atom stereocenters. The maximum Gasteiger partial charge on any atom is 0.340 e. The number of carboxylic acids is 1. The second kappa shape index (κ2) is 5.75. The molecule has 5 heteroatoms.